The molecule has 4 nitrogen and oxygen atoms in total. The van der Waals surface area contributed by atoms with E-state index in [4.69, 9.17) is 4.52 Å². The van der Waals surface area contributed by atoms with Gasteiger partial charge in [-0.15, -0.1) is 0 Å². The smallest absolute Gasteiger partial charge is 0.334 e. The molecule has 0 atom stereocenters. The molecule has 0 fully saturated rings. The second-order valence-corrected chi connectivity index (χ2v) is 7.35. The summed E-state index contributed by atoms with van der Waals surface area (Å²) in [6, 6.07) is 17.6. The minimum Gasteiger partial charge on any atom is -0.334 e. The van der Waals surface area contributed by atoms with Crippen LogP contribution in [0.5, 0.6) is 0 Å². The molecule has 32 heavy (non-hydrogen) atoms. The van der Waals surface area contributed by atoms with Gasteiger partial charge in [-0.3, -0.25) is 4.79 Å². The molecule has 0 unspecified atom stereocenters. The molecule has 7 heteroatoms. The van der Waals surface area contributed by atoms with Gasteiger partial charge >= 0.3 is 6.18 Å². The molecule has 0 saturated heterocycles. The standard InChI is InChI=1S/C25H19F3N2O2/c1-3-22(31)16-8-10-17(11-9-16)23-29-24(32-30-23)18-12-13-20(21(14-18)25(26,27)28)19-7-5-4-6-15(19)2/h4-14H,3H2,1-2H3. The van der Waals surface area contributed by atoms with Gasteiger partial charge in [0.2, 0.25) is 5.82 Å². The normalized spacial score (nSPS) is 11.5. The third-order valence-corrected chi connectivity index (χ3v) is 5.22. The summed E-state index contributed by atoms with van der Waals surface area (Å²) in [5.74, 6) is 0.223. The van der Waals surface area contributed by atoms with E-state index in [-0.39, 0.29) is 28.6 Å². The number of aromatic nitrogens is 2. The lowest BCUT2D eigenvalue weighted by Gasteiger charge is -2.15. The highest BCUT2D eigenvalue weighted by Crippen LogP contribution is 2.40. The molecular weight excluding hydrogens is 417 g/mol. The fourth-order valence-corrected chi connectivity index (χ4v) is 3.49. The van der Waals surface area contributed by atoms with Gasteiger partial charge in [0.25, 0.3) is 5.89 Å². The molecule has 0 spiro atoms. The Kier molecular flexibility index (Phi) is 5.65. The van der Waals surface area contributed by atoms with Crippen LogP contribution in [-0.4, -0.2) is 15.9 Å². The highest BCUT2D eigenvalue weighted by Gasteiger charge is 2.34. The van der Waals surface area contributed by atoms with Gasteiger partial charge in [-0.2, -0.15) is 18.2 Å². The van der Waals surface area contributed by atoms with Crippen molar-refractivity contribution in [3.63, 3.8) is 0 Å². The third kappa shape index (κ3) is 4.19. The van der Waals surface area contributed by atoms with E-state index < -0.39 is 11.7 Å². The van der Waals surface area contributed by atoms with Crippen LogP contribution < -0.4 is 0 Å². The maximum atomic E-state index is 13.9. The number of hydrogen-bond donors (Lipinski definition) is 0. The Labute approximate surface area is 182 Å². The Bertz CT molecular complexity index is 1280. The lowest BCUT2D eigenvalue weighted by Crippen LogP contribution is -2.08. The zero-order chi connectivity index (χ0) is 22.9. The van der Waals surface area contributed by atoms with Gasteiger partial charge in [0.1, 0.15) is 0 Å². The number of alkyl halides is 3. The fourth-order valence-electron chi connectivity index (χ4n) is 3.49. The molecule has 0 saturated carbocycles. The molecule has 0 aliphatic heterocycles. The van der Waals surface area contributed by atoms with E-state index in [2.05, 4.69) is 10.1 Å². The van der Waals surface area contributed by atoms with Crippen LogP contribution in [0.2, 0.25) is 0 Å². The topological polar surface area (TPSA) is 56.0 Å². The average molecular weight is 436 g/mol. The van der Waals surface area contributed by atoms with Crippen LogP contribution in [0.25, 0.3) is 34.0 Å². The van der Waals surface area contributed by atoms with Crippen molar-refractivity contribution in [2.45, 2.75) is 26.4 Å². The van der Waals surface area contributed by atoms with Crippen molar-refractivity contribution in [1.82, 2.24) is 10.1 Å². The van der Waals surface area contributed by atoms with E-state index in [1.807, 2.05) is 0 Å². The van der Waals surface area contributed by atoms with Crippen molar-refractivity contribution in [3.8, 4) is 34.0 Å². The molecule has 3 aromatic carbocycles. The van der Waals surface area contributed by atoms with E-state index in [9.17, 15) is 18.0 Å². The first-order chi connectivity index (χ1) is 15.3. The molecule has 0 bridgehead atoms. The van der Waals surface area contributed by atoms with Crippen LogP contribution in [0, 0.1) is 6.92 Å². The van der Waals surface area contributed by atoms with Crippen molar-refractivity contribution < 1.29 is 22.5 Å². The van der Waals surface area contributed by atoms with E-state index in [0.29, 0.717) is 23.1 Å². The summed E-state index contributed by atoms with van der Waals surface area (Å²) in [6.07, 6.45) is -4.16. The second kappa shape index (κ2) is 8.42. The van der Waals surface area contributed by atoms with Gasteiger partial charge in [0.15, 0.2) is 5.78 Å². The number of rotatable bonds is 5. The Morgan fingerprint density at radius 1 is 0.938 bits per heavy atom. The predicted octanol–water partition coefficient (Wildman–Crippen LogP) is 6.99. The van der Waals surface area contributed by atoms with Gasteiger partial charge in [0.05, 0.1) is 5.56 Å². The second-order valence-electron chi connectivity index (χ2n) is 7.35. The van der Waals surface area contributed by atoms with Crippen molar-refractivity contribution >= 4 is 5.78 Å². The van der Waals surface area contributed by atoms with E-state index in [1.54, 1.807) is 62.4 Å². The first-order valence-electron chi connectivity index (χ1n) is 10.0. The number of ketones is 1. The van der Waals surface area contributed by atoms with Crippen LogP contribution in [0.15, 0.2) is 71.3 Å². The maximum Gasteiger partial charge on any atom is 0.417 e. The third-order valence-electron chi connectivity index (χ3n) is 5.22. The van der Waals surface area contributed by atoms with Crippen molar-refractivity contribution in [1.29, 1.82) is 0 Å². The minimum absolute atomic E-state index is 0.0128. The molecule has 1 aromatic heterocycles. The summed E-state index contributed by atoms with van der Waals surface area (Å²) in [5.41, 5.74) is 1.92. The highest BCUT2D eigenvalue weighted by atomic mass is 19.4. The Balaban J connectivity index is 1.72. The number of carbonyl (C=O) groups is 1. The fraction of sp³-hybridized carbons (Fsp3) is 0.160. The van der Waals surface area contributed by atoms with E-state index in [0.717, 1.165) is 11.6 Å². The number of hydrogen-bond acceptors (Lipinski definition) is 4. The van der Waals surface area contributed by atoms with Crippen LogP contribution in [0.3, 0.4) is 0 Å². The number of Topliss-reactive ketones (excluding diaryl/α,β-unsaturated/α-hetero) is 1. The first kappa shape index (κ1) is 21.5. The Hall–Kier alpha value is -3.74. The highest BCUT2D eigenvalue weighted by molar-refractivity contribution is 5.96. The first-order valence-corrected chi connectivity index (χ1v) is 10.0. The average Bonchev–Trinajstić information content (AvgIpc) is 3.28. The quantitative estimate of drug-likeness (QED) is 0.316. The van der Waals surface area contributed by atoms with Crippen LogP contribution in [0.4, 0.5) is 13.2 Å². The van der Waals surface area contributed by atoms with Crippen molar-refractivity contribution in [2.75, 3.05) is 0 Å². The molecule has 0 radical (unpaired) electrons. The summed E-state index contributed by atoms with van der Waals surface area (Å²) in [7, 11) is 0. The van der Waals surface area contributed by atoms with Crippen molar-refractivity contribution in [2.24, 2.45) is 0 Å². The molecule has 4 aromatic rings. The summed E-state index contributed by atoms with van der Waals surface area (Å²) in [4.78, 5) is 16.0. The number of nitrogens with zero attached hydrogens (tertiary/aromatic N) is 2. The summed E-state index contributed by atoms with van der Waals surface area (Å²) < 4.78 is 46.9. The van der Waals surface area contributed by atoms with Gasteiger partial charge in [-0.25, -0.2) is 0 Å². The van der Waals surface area contributed by atoms with Crippen molar-refractivity contribution in [3.05, 3.63) is 83.4 Å². The molecule has 0 aliphatic carbocycles. The lowest BCUT2D eigenvalue weighted by molar-refractivity contribution is -0.137. The SMILES string of the molecule is CCC(=O)c1ccc(-c2noc(-c3ccc(-c4ccccc4C)c(C(F)(F)F)c3)n2)cc1. The number of aryl methyl sites for hydroxylation is 1. The van der Waals surface area contributed by atoms with E-state index >= 15 is 0 Å². The van der Waals surface area contributed by atoms with Gasteiger partial charge in [0, 0.05) is 23.1 Å². The molecule has 162 valence electrons. The molecule has 0 N–H and O–H groups in total. The summed E-state index contributed by atoms with van der Waals surface area (Å²) in [5, 5.41) is 3.89. The summed E-state index contributed by atoms with van der Waals surface area (Å²) >= 11 is 0. The monoisotopic (exact) mass is 436 g/mol. The minimum atomic E-state index is -4.56. The van der Waals surface area contributed by atoms with Gasteiger partial charge in [-0.1, -0.05) is 66.7 Å². The van der Waals surface area contributed by atoms with Crippen LogP contribution in [-0.2, 0) is 6.18 Å². The Morgan fingerprint density at radius 3 is 2.28 bits per heavy atom. The maximum absolute atomic E-state index is 13.9. The van der Waals surface area contributed by atoms with Crippen LogP contribution >= 0.6 is 0 Å². The van der Waals surface area contributed by atoms with Gasteiger partial charge in [-0.05, 0) is 35.7 Å². The molecule has 0 amide bonds. The van der Waals surface area contributed by atoms with E-state index in [1.165, 1.54) is 12.1 Å². The molecule has 4 rings (SSSR count). The zero-order valence-corrected chi connectivity index (χ0v) is 17.4. The lowest BCUT2D eigenvalue weighted by atomic mass is 9.94. The largest absolute Gasteiger partial charge is 0.417 e. The molecule has 0 aliphatic rings. The number of carbonyl (C=O) groups excluding carboxylic acids is 1. The zero-order valence-electron chi connectivity index (χ0n) is 17.4. The number of halogens is 3. The molecule has 1 heterocycles. The van der Waals surface area contributed by atoms with Gasteiger partial charge < -0.3 is 4.52 Å². The predicted molar refractivity (Wildman–Crippen MR) is 115 cm³/mol. The molecular formula is C25H19F3N2O2. The number of benzene rings is 3. The van der Waals surface area contributed by atoms with Crippen LogP contribution in [0.1, 0.15) is 34.8 Å². The Morgan fingerprint density at radius 2 is 1.62 bits per heavy atom. The summed E-state index contributed by atoms with van der Waals surface area (Å²) in [6.45, 7) is 3.55.